The molecular formula is C27H41NO2. The molecule has 1 aromatic carbocycles. The number of ether oxygens (including phenoxy) is 1. The van der Waals surface area contributed by atoms with Gasteiger partial charge in [-0.2, -0.15) is 0 Å². The fourth-order valence-corrected chi connectivity index (χ4v) is 7.18. The van der Waals surface area contributed by atoms with Gasteiger partial charge in [0.25, 0.3) is 0 Å². The topological polar surface area (TPSA) is 32.7 Å². The van der Waals surface area contributed by atoms with Crippen molar-refractivity contribution in [3.63, 3.8) is 0 Å². The predicted octanol–water partition coefficient (Wildman–Crippen LogP) is 5.70. The van der Waals surface area contributed by atoms with Crippen molar-refractivity contribution >= 4 is 0 Å². The lowest BCUT2D eigenvalue weighted by Crippen LogP contribution is -2.43. The Bertz CT molecular complexity index is 813. The highest BCUT2D eigenvalue weighted by atomic mass is 16.5. The molecule has 1 N–H and O–H groups in total. The van der Waals surface area contributed by atoms with Crippen LogP contribution < -0.4 is 0 Å². The van der Waals surface area contributed by atoms with Crippen LogP contribution in [0.3, 0.4) is 0 Å². The first kappa shape index (κ1) is 21.9. The lowest BCUT2D eigenvalue weighted by atomic mass is 9.52. The number of phenols is 1. The summed E-state index contributed by atoms with van der Waals surface area (Å²) in [6.45, 7) is 10.9. The monoisotopic (exact) mass is 411 g/mol. The SMILES string of the molecule is Cc1cc2c(cc1O)C[C@@H](C)C1C2CCC2(C)/C(=C/COC(C)CN(C)C)CCC12. The molecule has 4 rings (SSSR count). The van der Waals surface area contributed by atoms with E-state index in [0.29, 0.717) is 23.0 Å². The number of phenolic OH excluding ortho intramolecular Hbond substituents is 1. The van der Waals surface area contributed by atoms with Crippen LogP contribution in [0.5, 0.6) is 5.75 Å². The number of hydrogen-bond acceptors (Lipinski definition) is 3. The quantitative estimate of drug-likeness (QED) is 0.631. The number of hydrogen-bond donors (Lipinski definition) is 1. The summed E-state index contributed by atoms with van der Waals surface area (Å²) in [5.41, 5.74) is 5.96. The number of benzene rings is 1. The van der Waals surface area contributed by atoms with Crippen molar-refractivity contribution in [2.75, 3.05) is 27.2 Å². The third-order valence-corrected chi connectivity index (χ3v) is 8.57. The van der Waals surface area contributed by atoms with Gasteiger partial charge in [0.2, 0.25) is 0 Å². The Hall–Kier alpha value is -1.32. The van der Waals surface area contributed by atoms with Crippen molar-refractivity contribution in [3.8, 4) is 5.75 Å². The molecule has 6 atom stereocenters. The number of aromatic hydroxyl groups is 1. The molecule has 0 saturated heterocycles. The maximum atomic E-state index is 10.2. The van der Waals surface area contributed by atoms with Gasteiger partial charge in [-0.25, -0.2) is 0 Å². The minimum Gasteiger partial charge on any atom is -0.508 e. The van der Waals surface area contributed by atoms with E-state index in [2.05, 4.69) is 58.0 Å². The van der Waals surface area contributed by atoms with E-state index in [-0.39, 0.29) is 6.10 Å². The van der Waals surface area contributed by atoms with Crippen LogP contribution in [0.25, 0.3) is 0 Å². The minimum absolute atomic E-state index is 0.270. The number of nitrogens with zero attached hydrogens (tertiary/aromatic N) is 1. The van der Waals surface area contributed by atoms with E-state index in [1.807, 2.05) is 6.92 Å². The molecule has 5 unspecified atom stereocenters. The lowest BCUT2D eigenvalue weighted by Gasteiger charge is -2.52. The van der Waals surface area contributed by atoms with E-state index in [0.717, 1.165) is 37.0 Å². The number of aryl methyl sites for hydroxylation is 1. The van der Waals surface area contributed by atoms with Crippen LogP contribution in [0.2, 0.25) is 0 Å². The Morgan fingerprint density at radius 1 is 1.30 bits per heavy atom. The van der Waals surface area contributed by atoms with Crippen molar-refractivity contribution < 1.29 is 9.84 Å². The number of likely N-dealkylation sites (N-methyl/N-ethyl adjacent to an activating group) is 1. The molecule has 1 aromatic rings. The van der Waals surface area contributed by atoms with Gasteiger partial charge in [0, 0.05) is 6.54 Å². The van der Waals surface area contributed by atoms with E-state index in [9.17, 15) is 5.11 Å². The molecule has 0 amide bonds. The second-order valence-corrected chi connectivity index (χ2v) is 10.9. The van der Waals surface area contributed by atoms with Crippen molar-refractivity contribution in [2.45, 2.75) is 71.8 Å². The molecule has 0 heterocycles. The van der Waals surface area contributed by atoms with E-state index in [4.69, 9.17) is 4.74 Å². The summed E-state index contributed by atoms with van der Waals surface area (Å²) in [7, 11) is 4.21. The standard InChI is InChI=1S/C27H41NO2/c1-17-14-23-20(15-25(17)29)13-18(2)26-22(23)9-11-27(4)21(7-8-24(26)27)10-12-30-19(3)16-28(5)6/h10,14-15,18-19,22,24,26,29H,7-9,11-13,16H2,1-6H3/b21-10+/t18-,19?,22?,24?,26?,27?/m1/s1. The maximum absolute atomic E-state index is 10.2. The molecule has 30 heavy (non-hydrogen) atoms. The van der Waals surface area contributed by atoms with Gasteiger partial charge < -0.3 is 14.7 Å². The predicted molar refractivity (Wildman–Crippen MR) is 124 cm³/mol. The average Bonchev–Trinajstić information content (AvgIpc) is 2.99. The average molecular weight is 412 g/mol. The summed E-state index contributed by atoms with van der Waals surface area (Å²) < 4.78 is 6.10. The third-order valence-electron chi connectivity index (χ3n) is 8.57. The Morgan fingerprint density at radius 3 is 2.80 bits per heavy atom. The van der Waals surface area contributed by atoms with E-state index in [1.165, 1.54) is 36.8 Å². The Morgan fingerprint density at radius 2 is 2.07 bits per heavy atom. The van der Waals surface area contributed by atoms with Crippen molar-refractivity contribution in [1.82, 2.24) is 4.90 Å². The molecular weight excluding hydrogens is 370 g/mol. The van der Waals surface area contributed by atoms with Crippen LogP contribution in [0.1, 0.15) is 69.1 Å². The first-order valence-corrected chi connectivity index (χ1v) is 12.0. The third kappa shape index (κ3) is 3.84. The molecule has 3 nitrogen and oxygen atoms in total. The molecule has 0 radical (unpaired) electrons. The van der Waals surface area contributed by atoms with Gasteiger partial charge in [0.15, 0.2) is 0 Å². The molecule has 0 aromatic heterocycles. The fourth-order valence-electron chi connectivity index (χ4n) is 7.18. The first-order valence-electron chi connectivity index (χ1n) is 12.0. The molecule has 3 heteroatoms. The van der Waals surface area contributed by atoms with Gasteiger partial charge >= 0.3 is 0 Å². The second kappa shape index (κ2) is 8.31. The highest BCUT2D eigenvalue weighted by Gasteiger charge is 2.54. The van der Waals surface area contributed by atoms with Crippen LogP contribution in [0.15, 0.2) is 23.8 Å². The minimum atomic E-state index is 0.270. The number of rotatable bonds is 5. The Kier molecular flexibility index (Phi) is 6.07. The number of allylic oxidation sites excluding steroid dienone is 1. The normalized spacial score (nSPS) is 35.2. The lowest BCUT2D eigenvalue weighted by molar-refractivity contribution is 0.0465. The highest BCUT2D eigenvalue weighted by Crippen LogP contribution is 2.64. The summed E-state index contributed by atoms with van der Waals surface area (Å²) in [5.74, 6) is 3.36. The smallest absolute Gasteiger partial charge is 0.118 e. The molecule has 3 aliphatic carbocycles. The van der Waals surface area contributed by atoms with Gasteiger partial charge in [-0.1, -0.05) is 31.6 Å². The van der Waals surface area contributed by atoms with Crippen LogP contribution in [-0.2, 0) is 11.2 Å². The fraction of sp³-hybridized carbons (Fsp3) is 0.704. The van der Waals surface area contributed by atoms with Gasteiger partial charge in [-0.3, -0.25) is 0 Å². The summed E-state index contributed by atoms with van der Waals surface area (Å²) in [5, 5.41) is 10.2. The summed E-state index contributed by atoms with van der Waals surface area (Å²) in [4.78, 5) is 2.19. The molecule has 3 aliphatic rings. The van der Waals surface area contributed by atoms with Gasteiger partial charge in [-0.15, -0.1) is 0 Å². The summed E-state index contributed by atoms with van der Waals surface area (Å²) in [6.07, 6.45) is 8.93. The van der Waals surface area contributed by atoms with Crippen LogP contribution in [0.4, 0.5) is 0 Å². The maximum Gasteiger partial charge on any atom is 0.118 e. The van der Waals surface area contributed by atoms with Crippen molar-refractivity contribution in [3.05, 3.63) is 40.5 Å². The molecule has 166 valence electrons. The van der Waals surface area contributed by atoms with E-state index in [1.54, 1.807) is 5.57 Å². The van der Waals surface area contributed by atoms with Crippen LogP contribution in [0, 0.1) is 30.1 Å². The zero-order valence-corrected chi connectivity index (χ0v) is 19.9. The van der Waals surface area contributed by atoms with Gasteiger partial charge in [0.05, 0.1) is 12.7 Å². The zero-order valence-electron chi connectivity index (χ0n) is 19.9. The highest BCUT2D eigenvalue weighted by molar-refractivity contribution is 5.45. The summed E-state index contributed by atoms with van der Waals surface area (Å²) in [6, 6.07) is 4.35. The number of fused-ring (bicyclic) bond motifs is 5. The summed E-state index contributed by atoms with van der Waals surface area (Å²) >= 11 is 0. The van der Waals surface area contributed by atoms with E-state index < -0.39 is 0 Å². The largest absolute Gasteiger partial charge is 0.508 e. The second-order valence-electron chi connectivity index (χ2n) is 10.9. The Balaban J connectivity index is 1.53. The molecule has 0 bridgehead atoms. The zero-order chi connectivity index (χ0) is 21.6. The molecule has 2 saturated carbocycles. The van der Waals surface area contributed by atoms with Gasteiger partial charge in [-0.05, 0) is 112 Å². The molecule has 2 fully saturated rings. The van der Waals surface area contributed by atoms with Crippen molar-refractivity contribution in [1.29, 1.82) is 0 Å². The van der Waals surface area contributed by atoms with Gasteiger partial charge in [0.1, 0.15) is 5.75 Å². The Labute approximate surface area is 183 Å². The van der Waals surface area contributed by atoms with Crippen LogP contribution in [-0.4, -0.2) is 43.4 Å². The van der Waals surface area contributed by atoms with Crippen LogP contribution >= 0.6 is 0 Å². The first-order chi connectivity index (χ1) is 14.2. The molecule has 0 spiro atoms. The molecule has 0 aliphatic heterocycles. The van der Waals surface area contributed by atoms with Crippen molar-refractivity contribution in [2.24, 2.45) is 23.2 Å². The van der Waals surface area contributed by atoms with E-state index >= 15 is 0 Å².